The van der Waals surface area contributed by atoms with E-state index in [2.05, 4.69) is 21.8 Å². The van der Waals surface area contributed by atoms with Crippen molar-refractivity contribution in [1.29, 1.82) is 0 Å². The molecule has 17 heavy (non-hydrogen) atoms. The second-order valence-corrected chi connectivity index (χ2v) is 3.03. The number of carboxylic acid groups (broad SMARTS) is 1. The predicted octanol–water partition coefficient (Wildman–Crippen LogP) is 0.675. The van der Waals surface area contributed by atoms with E-state index >= 15 is 0 Å². The van der Waals surface area contributed by atoms with Crippen LogP contribution >= 0.6 is 0 Å². The predicted molar refractivity (Wildman–Crippen MR) is 64.8 cm³/mol. The Bertz CT molecular complexity index is 536. The summed E-state index contributed by atoms with van der Waals surface area (Å²) in [5, 5.41) is 8.78. The SMILES string of the molecule is CN=C/C(C#Cc1cncc(C(=O)O)c1)=C\N. The smallest absolute Gasteiger partial charge is 0.337 e. The van der Waals surface area contributed by atoms with E-state index in [0.29, 0.717) is 11.1 Å². The van der Waals surface area contributed by atoms with Gasteiger partial charge in [-0.2, -0.15) is 0 Å². The van der Waals surface area contributed by atoms with Gasteiger partial charge >= 0.3 is 5.97 Å². The molecule has 3 N–H and O–H groups in total. The first-order valence-electron chi connectivity index (χ1n) is 4.71. The number of allylic oxidation sites excluding steroid dienone is 1. The van der Waals surface area contributed by atoms with Crippen LogP contribution in [0.15, 0.2) is 35.2 Å². The van der Waals surface area contributed by atoms with Crippen molar-refractivity contribution in [3.8, 4) is 11.8 Å². The molecule has 1 heterocycles. The van der Waals surface area contributed by atoms with Crippen molar-refractivity contribution in [2.45, 2.75) is 0 Å². The molecule has 0 aliphatic carbocycles. The van der Waals surface area contributed by atoms with Crippen molar-refractivity contribution in [3.05, 3.63) is 41.4 Å². The van der Waals surface area contributed by atoms with Gasteiger partial charge in [0.2, 0.25) is 0 Å². The van der Waals surface area contributed by atoms with Crippen LogP contribution in [-0.4, -0.2) is 29.3 Å². The van der Waals surface area contributed by atoms with Gasteiger partial charge in [-0.25, -0.2) is 4.79 Å². The largest absolute Gasteiger partial charge is 0.478 e. The summed E-state index contributed by atoms with van der Waals surface area (Å²) in [6.45, 7) is 0. The fraction of sp³-hybridized carbons (Fsp3) is 0.0833. The van der Waals surface area contributed by atoms with Crippen molar-refractivity contribution in [2.75, 3.05) is 7.05 Å². The Morgan fingerprint density at radius 3 is 2.94 bits per heavy atom. The van der Waals surface area contributed by atoms with Gasteiger partial charge in [0.1, 0.15) is 0 Å². The molecule has 5 nitrogen and oxygen atoms in total. The van der Waals surface area contributed by atoms with Gasteiger partial charge in [0.05, 0.1) is 11.1 Å². The highest BCUT2D eigenvalue weighted by molar-refractivity contribution is 5.88. The molecule has 1 aromatic rings. The number of nitrogens with zero attached hydrogens (tertiary/aromatic N) is 2. The van der Waals surface area contributed by atoms with E-state index in [1.54, 1.807) is 7.05 Å². The maximum absolute atomic E-state index is 10.7. The van der Waals surface area contributed by atoms with Crippen LogP contribution in [0.3, 0.4) is 0 Å². The summed E-state index contributed by atoms with van der Waals surface area (Å²) in [6.07, 6.45) is 5.59. The molecule has 0 spiro atoms. The number of hydrogen-bond donors (Lipinski definition) is 2. The van der Waals surface area contributed by atoms with Crippen LogP contribution in [0.2, 0.25) is 0 Å². The van der Waals surface area contributed by atoms with Gasteiger partial charge in [0.15, 0.2) is 0 Å². The molecular weight excluding hydrogens is 218 g/mol. The standard InChI is InChI=1S/C12H11N3O2/c1-14-6-10(5-13)3-2-9-4-11(12(16)17)8-15-7-9/h4-8H,13H2,1H3,(H,16,17)/b10-5-,14-6?. The van der Waals surface area contributed by atoms with Crippen molar-refractivity contribution in [1.82, 2.24) is 4.98 Å². The molecule has 0 amide bonds. The highest BCUT2D eigenvalue weighted by Crippen LogP contribution is 2.01. The van der Waals surface area contributed by atoms with Gasteiger partial charge in [-0.05, 0) is 6.07 Å². The molecule has 0 aromatic carbocycles. The number of pyridine rings is 1. The number of carboxylic acids is 1. The van der Waals surface area contributed by atoms with E-state index in [-0.39, 0.29) is 5.56 Å². The van der Waals surface area contributed by atoms with Crippen molar-refractivity contribution < 1.29 is 9.90 Å². The summed E-state index contributed by atoms with van der Waals surface area (Å²) in [5.74, 6) is 4.48. The molecule has 5 heteroatoms. The van der Waals surface area contributed by atoms with Gasteiger partial charge in [-0.1, -0.05) is 11.8 Å². The van der Waals surface area contributed by atoms with Crippen LogP contribution in [0.1, 0.15) is 15.9 Å². The van der Waals surface area contributed by atoms with E-state index < -0.39 is 5.97 Å². The summed E-state index contributed by atoms with van der Waals surface area (Å²) in [6, 6.07) is 1.44. The highest BCUT2D eigenvalue weighted by Gasteiger charge is 2.02. The number of aliphatic imine (C=N–C) groups is 1. The van der Waals surface area contributed by atoms with Crippen LogP contribution in [0.4, 0.5) is 0 Å². The van der Waals surface area contributed by atoms with E-state index in [1.165, 1.54) is 30.9 Å². The lowest BCUT2D eigenvalue weighted by Gasteiger charge is -1.93. The average molecular weight is 229 g/mol. The number of aromatic nitrogens is 1. The Morgan fingerprint density at radius 2 is 2.35 bits per heavy atom. The first kappa shape index (κ1) is 12.5. The molecule has 0 fully saturated rings. The van der Waals surface area contributed by atoms with Crippen LogP contribution in [0.25, 0.3) is 0 Å². The third-order valence-electron chi connectivity index (χ3n) is 1.78. The molecule has 0 unspecified atom stereocenters. The minimum absolute atomic E-state index is 0.0965. The monoisotopic (exact) mass is 229 g/mol. The van der Waals surface area contributed by atoms with Crippen LogP contribution in [0, 0.1) is 11.8 Å². The van der Waals surface area contributed by atoms with Crippen molar-refractivity contribution in [3.63, 3.8) is 0 Å². The number of carbonyl (C=O) groups is 1. The van der Waals surface area contributed by atoms with Crippen molar-refractivity contribution >= 4 is 12.2 Å². The Morgan fingerprint density at radius 1 is 1.59 bits per heavy atom. The summed E-state index contributed by atoms with van der Waals surface area (Å²) in [5.41, 5.74) is 6.49. The summed E-state index contributed by atoms with van der Waals surface area (Å²) >= 11 is 0. The summed E-state index contributed by atoms with van der Waals surface area (Å²) in [4.78, 5) is 18.3. The molecule has 1 aromatic heterocycles. The fourth-order valence-corrected chi connectivity index (χ4v) is 1.03. The zero-order chi connectivity index (χ0) is 12.7. The molecule has 0 atom stereocenters. The average Bonchev–Trinajstić information content (AvgIpc) is 2.34. The molecule has 86 valence electrons. The summed E-state index contributed by atoms with van der Waals surface area (Å²) < 4.78 is 0. The molecular formula is C12H11N3O2. The minimum atomic E-state index is -1.04. The van der Waals surface area contributed by atoms with E-state index in [0.717, 1.165) is 0 Å². The van der Waals surface area contributed by atoms with Crippen LogP contribution in [-0.2, 0) is 0 Å². The molecule has 0 aliphatic heterocycles. The number of nitrogens with two attached hydrogens (primary N) is 1. The van der Waals surface area contributed by atoms with Gasteiger partial charge in [0.25, 0.3) is 0 Å². The minimum Gasteiger partial charge on any atom is -0.478 e. The second-order valence-electron chi connectivity index (χ2n) is 3.03. The Labute approximate surface area is 98.7 Å². The molecule has 0 saturated carbocycles. The lowest BCUT2D eigenvalue weighted by molar-refractivity contribution is 0.0696. The zero-order valence-corrected chi connectivity index (χ0v) is 9.21. The zero-order valence-electron chi connectivity index (χ0n) is 9.21. The number of aromatic carboxylic acids is 1. The first-order valence-corrected chi connectivity index (χ1v) is 4.71. The maximum Gasteiger partial charge on any atom is 0.337 e. The normalized spacial score (nSPS) is 11.0. The molecule has 0 radical (unpaired) electrons. The fourth-order valence-electron chi connectivity index (χ4n) is 1.03. The van der Waals surface area contributed by atoms with Gasteiger partial charge in [-0.15, -0.1) is 0 Å². The Hall–Kier alpha value is -2.61. The highest BCUT2D eigenvalue weighted by atomic mass is 16.4. The first-order chi connectivity index (χ1) is 8.17. The van der Waals surface area contributed by atoms with Gasteiger partial charge in [-0.3, -0.25) is 9.98 Å². The van der Waals surface area contributed by atoms with Gasteiger partial charge in [0, 0.05) is 37.4 Å². The third-order valence-corrected chi connectivity index (χ3v) is 1.78. The van der Waals surface area contributed by atoms with Crippen LogP contribution < -0.4 is 5.73 Å². The van der Waals surface area contributed by atoms with E-state index in [4.69, 9.17) is 10.8 Å². The molecule has 0 bridgehead atoms. The molecule has 0 aliphatic rings. The number of rotatable bonds is 2. The molecule has 1 rings (SSSR count). The maximum atomic E-state index is 10.7. The molecule has 0 saturated heterocycles. The number of hydrogen-bond acceptors (Lipinski definition) is 4. The lowest BCUT2D eigenvalue weighted by Crippen LogP contribution is -1.97. The summed E-state index contributed by atoms with van der Waals surface area (Å²) in [7, 11) is 1.61. The quantitative estimate of drug-likeness (QED) is 0.576. The van der Waals surface area contributed by atoms with Crippen molar-refractivity contribution in [2.24, 2.45) is 10.7 Å². The third kappa shape index (κ3) is 3.80. The van der Waals surface area contributed by atoms with Gasteiger partial charge < -0.3 is 10.8 Å². The van der Waals surface area contributed by atoms with E-state index in [1.807, 2.05) is 0 Å². The lowest BCUT2D eigenvalue weighted by atomic mass is 10.2. The van der Waals surface area contributed by atoms with Crippen LogP contribution in [0.5, 0.6) is 0 Å². The topological polar surface area (TPSA) is 88.6 Å². The Balaban J connectivity index is 3.00. The van der Waals surface area contributed by atoms with E-state index in [9.17, 15) is 4.79 Å². The second kappa shape index (κ2) is 6.08. The Kier molecular flexibility index (Phi) is 4.45.